The number of anilines is 2. The van der Waals surface area contributed by atoms with Gasteiger partial charge in [-0.2, -0.15) is 4.98 Å². The minimum Gasteiger partial charge on any atom is -0.447 e. The van der Waals surface area contributed by atoms with Crippen LogP contribution in [0.25, 0.3) is 0 Å². The van der Waals surface area contributed by atoms with Crippen LogP contribution in [0.1, 0.15) is 31.9 Å². The first kappa shape index (κ1) is 20.2. The van der Waals surface area contributed by atoms with Gasteiger partial charge in [0.05, 0.1) is 18.3 Å². The molecule has 0 aromatic carbocycles. The summed E-state index contributed by atoms with van der Waals surface area (Å²) in [5.74, 6) is -1.83. The lowest BCUT2D eigenvalue weighted by atomic mass is 10.1. The summed E-state index contributed by atoms with van der Waals surface area (Å²) in [7, 11) is 0. The van der Waals surface area contributed by atoms with Crippen LogP contribution in [-0.4, -0.2) is 44.9 Å². The van der Waals surface area contributed by atoms with Gasteiger partial charge < -0.3 is 15.2 Å². The Morgan fingerprint density at radius 2 is 2.14 bits per heavy atom. The van der Waals surface area contributed by atoms with Crippen molar-refractivity contribution in [2.24, 2.45) is 0 Å². The fourth-order valence-corrected chi connectivity index (χ4v) is 2.88. The lowest BCUT2D eigenvalue weighted by Crippen LogP contribution is -2.43. The highest BCUT2D eigenvalue weighted by molar-refractivity contribution is 6.29. The number of halogens is 3. The Balaban J connectivity index is 1.86. The first-order valence-electron chi connectivity index (χ1n) is 8.55. The molecule has 28 heavy (non-hydrogen) atoms. The number of cyclic esters (lactones) is 1. The van der Waals surface area contributed by atoms with Crippen LogP contribution in [0.2, 0.25) is 5.15 Å². The van der Waals surface area contributed by atoms with Gasteiger partial charge >= 0.3 is 6.09 Å². The van der Waals surface area contributed by atoms with E-state index in [9.17, 15) is 18.7 Å². The fraction of sp³-hybridized carbons (Fsp3) is 0.412. The SMILES string of the molecule is CC[C@@H](O)[C@H]1COC(=O)N1c1nc(N[C@@H](C)c2cnc(Cl)c(F)c2)ncc1F. The average Bonchev–Trinajstić information content (AvgIpc) is 3.06. The van der Waals surface area contributed by atoms with Gasteiger partial charge in [-0.3, -0.25) is 0 Å². The van der Waals surface area contributed by atoms with Crippen molar-refractivity contribution in [1.82, 2.24) is 15.0 Å². The number of aromatic nitrogens is 3. The molecular formula is C17H18ClF2N5O3. The van der Waals surface area contributed by atoms with Crippen molar-refractivity contribution in [2.75, 3.05) is 16.8 Å². The number of ether oxygens (including phenoxy) is 1. The summed E-state index contributed by atoms with van der Waals surface area (Å²) in [6, 6.07) is -0.0370. The number of carbonyl (C=O) groups excluding carboxylic acids is 1. The summed E-state index contributed by atoms with van der Waals surface area (Å²) in [5, 5.41) is 12.7. The third-order valence-electron chi connectivity index (χ3n) is 4.39. The molecule has 0 radical (unpaired) electrons. The Bertz CT molecular complexity index is 888. The summed E-state index contributed by atoms with van der Waals surface area (Å²) in [6.45, 7) is 3.35. The molecule has 8 nitrogen and oxygen atoms in total. The number of aliphatic hydroxyl groups excluding tert-OH is 1. The molecule has 3 heterocycles. The van der Waals surface area contributed by atoms with E-state index in [2.05, 4.69) is 20.3 Å². The number of amides is 1. The van der Waals surface area contributed by atoms with E-state index in [0.717, 1.165) is 11.1 Å². The Hall–Kier alpha value is -2.59. The molecule has 1 amide bonds. The third-order valence-corrected chi connectivity index (χ3v) is 4.66. The molecule has 2 N–H and O–H groups in total. The van der Waals surface area contributed by atoms with Gasteiger partial charge in [-0.15, -0.1) is 0 Å². The van der Waals surface area contributed by atoms with Gasteiger partial charge in [0.1, 0.15) is 12.6 Å². The molecule has 0 unspecified atom stereocenters. The largest absolute Gasteiger partial charge is 0.447 e. The van der Waals surface area contributed by atoms with Crippen LogP contribution >= 0.6 is 11.6 Å². The van der Waals surface area contributed by atoms with Crippen molar-refractivity contribution in [3.63, 3.8) is 0 Å². The molecule has 2 aromatic heterocycles. The molecule has 1 aliphatic heterocycles. The monoisotopic (exact) mass is 413 g/mol. The van der Waals surface area contributed by atoms with E-state index in [1.54, 1.807) is 13.8 Å². The molecule has 11 heteroatoms. The van der Waals surface area contributed by atoms with E-state index in [4.69, 9.17) is 16.3 Å². The van der Waals surface area contributed by atoms with Crippen molar-refractivity contribution in [3.8, 4) is 0 Å². The number of rotatable bonds is 6. The maximum absolute atomic E-state index is 14.3. The second kappa shape index (κ2) is 8.19. The maximum atomic E-state index is 14.3. The Kier molecular flexibility index (Phi) is 5.90. The number of carbonyl (C=O) groups is 1. The fourth-order valence-electron chi connectivity index (χ4n) is 2.78. The molecule has 0 aliphatic carbocycles. The molecule has 1 fully saturated rings. The molecule has 2 aromatic rings. The topological polar surface area (TPSA) is 100 Å². The first-order chi connectivity index (χ1) is 13.3. The van der Waals surface area contributed by atoms with Crippen LogP contribution in [0.4, 0.5) is 25.3 Å². The molecule has 0 bridgehead atoms. The Morgan fingerprint density at radius 3 is 2.82 bits per heavy atom. The quantitative estimate of drug-likeness (QED) is 0.702. The number of nitrogens with one attached hydrogen (secondary N) is 1. The van der Waals surface area contributed by atoms with Crippen LogP contribution in [0.3, 0.4) is 0 Å². The summed E-state index contributed by atoms with van der Waals surface area (Å²) < 4.78 is 32.9. The highest BCUT2D eigenvalue weighted by atomic mass is 35.5. The maximum Gasteiger partial charge on any atom is 0.416 e. The van der Waals surface area contributed by atoms with E-state index in [1.807, 2.05) is 0 Å². The summed E-state index contributed by atoms with van der Waals surface area (Å²) >= 11 is 5.58. The minimum absolute atomic E-state index is 0.00342. The van der Waals surface area contributed by atoms with Crippen LogP contribution in [0, 0.1) is 11.6 Å². The zero-order valence-corrected chi connectivity index (χ0v) is 15.8. The molecule has 0 spiro atoms. The van der Waals surface area contributed by atoms with Crippen LogP contribution in [0.5, 0.6) is 0 Å². The predicted octanol–water partition coefficient (Wildman–Crippen LogP) is 3.07. The van der Waals surface area contributed by atoms with Crippen molar-refractivity contribution in [1.29, 1.82) is 0 Å². The van der Waals surface area contributed by atoms with Crippen molar-refractivity contribution < 1.29 is 23.4 Å². The van der Waals surface area contributed by atoms with Gasteiger partial charge in [0.2, 0.25) is 5.95 Å². The van der Waals surface area contributed by atoms with Gasteiger partial charge in [0.15, 0.2) is 22.6 Å². The number of hydrogen-bond acceptors (Lipinski definition) is 7. The smallest absolute Gasteiger partial charge is 0.416 e. The van der Waals surface area contributed by atoms with Crippen LogP contribution in [-0.2, 0) is 4.74 Å². The van der Waals surface area contributed by atoms with E-state index in [1.165, 1.54) is 12.3 Å². The van der Waals surface area contributed by atoms with E-state index >= 15 is 0 Å². The minimum atomic E-state index is -0.903. The lowest BCUT2D eigenvalue weighted by molar-refractivity contribution is 0.125. The summed E-state index contributed by atoms with van der Waals surface area (Å²) in [4.78, 5) is 24.7. The van der Waals surface area contributed by atoms with Crippen molar-refractivity contribution in [2.45, 2.75) is 38.5 Å². The van der Waals surface area contributed by atoms with Crippen LogP contribution in [0.15, 0.2) is 18.5 Å². The lowest BCUT2D eigenvalue weighted by Gasteiger charge is -2.24. The van der Waals surface area contributed by atoms with E-state index in [-0.39, 0.29) is 23.5 Å². The molecule has 3 rings (SSSR count). The highest BCUT2D eigenvalue weighted by Gasteiger charge is 2.40. The second-order valence-corrected chi connectivity index (χ2v) is 6.62. The van der Waals surface area contributed by atoms with Crippen molar-refractivity contribution >= 4 is 29.5 Å². The van der Waals surface area contributed by atoms with Crippen molar-refractivity contribution in [3.05, 3.63) is 40.8 Å². The normalized spacial score (nSPS) is 18.7. The third kappa shape index (κ3) is 3.97. The van der Waals surface area contributed by atoms with Gasteiger partial charge in [0.25, 0.3) is 0 Å². The second-order valence-electron chi connectivity index (χ2n) is 6.26. The molecular weight excluding hydrogens is 396 g/mol. The number of aliphatic hydroxyl groups is 1. The zero-order chi connectivity index (χ0) is 20.4. The van der Waals surface area contributed by atoms with Gasteiger partial charge in [-0.1, -0.05) is 18.5 Å². The molecule has 0 saturated carbocycles. The first-order valence-corrected chi connectivity index (χ1v) is 8.93. The molecule has 1 saturated heterocycles. The van der Waals surface area contributed by atoms with E-state index in [0.29, 0.717) is 12.0 Å². The number of nitrogens with zero attached hydrogens (tertiary/aromatic N) is 4. The van der Waals surface area contributed by atoms with Gasteiger partial charge in [-0.25, -0.2) is 28.4 Å². The summed E-state index contributed by atoms with van der Waals surface area (Å²) in [5.41, 5.74) is 0.469. The molecule has 150 valence electrons. The standard InChI is InChI=1S/C17H18ClF2N5O3/c1-3-13(26)12-7-28-17(27)25(12)15-11(20)6-22-16(24-15)23-8(2)9-4-10(19)14(18)21-5-9/h4-6,8,12-13,26H,3,7H2,1-2H3,(H,22,23,24)/t8-,12+,13+/m0/s1. The van der Waals surface area contributed by atoms with Crippen LogP contribution < -0.4 is 10.2 Å². The van der Waals surface area contributed by atoms with Gasteiger partial charge in [0, 0.05) is 6.20 Å². The van der Waals surface area contributed by atoms with Gasteiger partial charge in [-0.05, 0) is 25.0 Å². The summed E-state index contributed by atoms with van der Waals surface area (Å²) in [6.07, 6.45) is 0.928. The molecule has 3 atom stereocenters. The zero-order valence-electron chi connectivity index (χ0n) is 15.1. The number of pyridine rings is 1. The highest BCUT2D eigenvalue weighted by Crippen LogP contribution is 2.28. The van der Waals surface area contributed by atoms with E-state index < -0.39 is 35.9 Å². The molecule has 1 aliphatic rings. The Labute approximate surface area is 164 Å². The Morgan fingerprint density at radius 1 is 1.39 bits per heavy atom. The predicted molar refractivity (Wildman–Crippen MR) is 97.1 cm³/mol. The number of hydrogen-bond donors (Lipinski definition) is 2. The average molecular weight is 414 g/mol.